The highest BCUT2D eigenvalue weighted by molar-refractivity contribution is 6.31. The van der Waals surface area contributed by atoms with Gasteiger partial charge in [-0.05, 0) is 37.0 Å². The standard InChI is InChI=1S/C15H19ClN2O3/c1-3-15(11-5-6-12(16)10(2)9-11)13(20)18(7-4-8-19)14(21)17-15/h5-6,9,19H,3-4,7-8H2,1-2H3,(H,17,21). The molecule has 3 amide bonds. The number of aliphatic hydroxyl groups is 1. The van der Waals surface area contributed by atoms with E-state index in [2.05, 4.69) is 5.32 Å². The predicted molar refractivity (Wildman–Crippen MR) is 80.1 cm³/mol. The van der Waals surface area contributed by atoms with Crippen molar-refractivity contribution in [1.29, 1.82) is 0 Å². The molecule has 0 saturated carbocycles. The van der Waals surface area contributed by atoms with E-state index in [0.717, 1.165) is 11.1 Å². The molecule has 0 spiro atoms. The van der Waals surface area contributed by atoms with E-state index in [9.17, 15) is 9.59 Å². The topological polar surface area (TPSA) is 69.6 Å². The molecule has 114 valence electrons. The highest BCUT2D eigenvalue weighted by atomic mass is 35.5. The fourth-order valence-corrected chi connectivity index (χ4v) is 2.73. The number of aliphatic hydroxyl groups excluding tert-OH is 1. The Hall–Kier alpha value is -1.59. The van der Waals surface area contributed by atoms with Gasteiger partial charge >= 0.3 is 6.03 Å². The highest BCUT2D eigenvalue weighted by Crippen LogP contribution is 2.34. The Kier molecular flexibility index (Phi) is 4.54. The molecule has 6 heteroatoms. The number of carbonyl (C=O) groups is 2. The zero-order chi connectivity index (χ0) is 15.6. The van der Waals surface area contributed by atoms with Crippen LogP contribution < -0.4 is 5.32 Å². The zero-order valence-electron chi connectivity index (χ0n) is 12.1. The molecule has 1 aliphatic rings. The summed E-state index contributed by atoms with van der Waals surface area (Å²) in [6.07, 6.45) is 0.826. The summed E-state index contributed by atoms with van der Waals surface area (Å²) in [5.41, 5.74) is 0.552. The maximum absolute atomic E-state index is 12.7. The van der Waals surface area contributed by atoms with Gasteiger partial charge in [0.2, 0.25) is 0 Å². The summed E-state index contributed by atoms with van der Waals surface area (Å²) < 4.78 is 0. The summed E-state index contributed by atoms with van der Waals surface area (Å²) in [4.78, 5) is 25.9. The summed E-state index contributed by atoms with van der Waals surface area (Å²) in [6.45, 7) is 3.88. The predicted octanol–water partition coefficient (Wildman–Crippen LogP) is 2.19. The number of nitrogens with zero attached hydrogens (tertiary/aromatic N) is 1. The number of aryl methyl sites for hydroxylation is 1. The molecular weight excluding hydrogens is 292 g/mol. The minimum atomic E-state index is -1.04. The number of benzene rings is 1. The molecule has 1 aliphatic heterocycles. The van der Waals surface area contributed by atoms with Crippen molar-refractivity contribution >= 4 is 23.5 Å². The summed E-state index contributed by atoms with van der Waals surface area (Å²) >= 11 is 6.03. The van der Waals surface area contributed by atoms with Gasteiger partial charge in [0, 0.05) is 18.2 Å². The first-order chi connectivity index (χ1) is 9.96. The van der Waals surface area contributed by atoms with Gasteiger partial charge < -0.3 is 10.4 Å². The lowest BCUT2D eigenvalue weighted by atomic mass is 9.86. The molecule has 0 bridgehead atoms. The fourth-order valence-electron chi connectivity index (χ4n) is 2.61. The number of nitrogens with one attached hydrogen (secondary N) is 1. The molecule has 21 heavy (non-hydrogen) atoms. The van der Waals surface area contributed by atoms with Crippen LogP contribution in [-0.4, -0.2) is 35.1 Å². The summed E-state index contributed by atoms with van der Waals surface area (Å²) in [5, 5.41) is 12.3. The summed E-state index contributed by atoms with van der Waals surface area (Å²) in [5.74, 6) is -0.273. The Morgan fingerprint density at radius 2 is 2.10 bits per heavy atom. The number of imide groups is 1. The normalized spacial score (nSPS) is 21.8. The smallest absolute Gasteiger partial charge is 0.325 e. The molecule has 2 rings (SSSR count). The van der Waals surface area contributed by atoms with E-state index in [1.54, 1.807) is 12.1 Å². The van der Waals surface area contributed by atoms with Crippen LogP contribution in [0.2, 0.25) is 5.02 Å². The molecule has 1 aromatic carbocycles. The SMILES string of the molecule is CCC1(c2ccc(Cl)c(C)c2)NC(=O)N(CCCO)C1=O. The Labute approximate surface area is 128 Å². The molecule has 1 unspecified atom stereocenters. The van der Waals surface area contributed by atoms with Crippen LogP contribution in [0.1, 0.15) is 30.9 Å². The average Bonchev–Trinajstić information content (AvgIpc) is 2.72. The zero-order valence-corrected chi connectivity index (χ0v) is 12.9. The van der Waals surface area contributed by atoms with E-state index in [1.807, 2.05) is 19.9 Å². The van der Waals surface area contributed by atoms with Gasteiger partial charge in [-0.15, -0.1) is 0 Å². The van der Waals surface area contributed by atoms with Crippen LogP contribution in [0.4, 0.5) is 4.79 Å². The minimum absolute atomic E-state index is 0.0593. The molecule has 2 N–H and O–H groups in total. The monoisotopic (exact) mass is 310 g/mol. The van der Waals surface area contributed by atoms with Crippen LogP contribution in [0.15, 0.2) is 18.2 Å². The van der Waals surface area contributed by atoms with Gasteiger partial charge in [-0.3, -0.25) is 9.69 Å². The number of hydrogen-bond donors (Lipinski definition) is 2. The third-order valence-corrected chi connectivity index (χ3v) is 4.32. The highest BCUT2D eigenvalue weighted by Gasteiger charge is 2.50. The maximum atomic E-state index is 12.7. The third kappa shape index (κ3) is 2.63. The van der Waals surface area contributed by atoms with Crippen LogP contribution >= 0.6 is 11.6 Å². The summed E-state index contributed by atoms with van der Waals surface area (Å²) in [6, 6.07) is 4.92. The van der Waals surface area contributed by atoms with Crippen molar-refractivity contribution in [3.05, 3.63) is 34.3 Å². The summed E-state index contributed by atoms with van der Waals surface area (Å²) in [7, 11) is 0. The van der Waals surface area contributed by atoms with E-state index >= 15 is 0 Å². The Bertz CT molecular complexity index is 576. The number of rotatable bonds is 5. The third-order valence-electron chi connectivity index (χ3n) is 3.90. The van der Waals surface area contributed by atoms with Crippen molar-refractivity contribution in [1.82, 2.24) is 10.2 Å². The van der Waals surface area contributed by atoms with Crippen molar-refractivity contribution in [2.45, 2.75) is 32.2 Å². The molecular formula is C15H19ClN2O3. The lowest BCUT2D eigenvalue weighted by Gasteiger charge is -2.26. The number of urea groups is 1. The quantitative estimate of drug-likeness (QED) is 0.819. The Morgan fingerprint density at radius 3 is 2.67 bits per heavy atom. The van der Waals surface area contributed by atoms with Crippen molar-refractivity contribution in [2.75, 3.05) is 13.2 Å². The van der Waals surface area contributed by atoms with Crippen LogP contribution in [0, 0.1) is 6.92 Å². The van der Waals surface area contributed by atoms with Gasteiger partial charge in [0.1, 0.15) is 5.54 Å². The van der Waals surface area contributed by atoms with Gasteiger partial charge in [-0.2, -0.15) is 0 Å². The average molecular weight is 311 g/mol. The van der Waals surface area contributed by atoms with Gasteiger partial charge in [-0.25, -0.2) is 4.79 Å². The molecule has 1 aromatic rings. The van der Waals surface area contributed by atoms with Gasteiger partial charge in [-0.1, -0.05) is 30.7 Å². The lowest BCUT2D eigenvalue weighted by Crippen LogP contribution is -2.43. The van der Waals surface area contributed by atoms with Crippen LogP contribution in [0.25, 0.3) is 0 Å². The van der Waals surface area contributed by atoms with E-state index in [-0.39, 0.29) is 19.1 Å². The lowest BCUT2D eigenvalue weighted by molar-refractivity contribution is -0.131. The van der Waals surface area contributed by atoms with Crippen LogP contribution in [0.3, 0.4) is 0 Å². The van der Waals surface area contributed by atoms with E-state index in [1.165, 1.54) is 4.90 Å². The molecule has 1 heterocycles. The van der Waals surface area contributed by atoms with Crippen molar-refractivity contribution in [3.8, 4) is 0 Å². The second-order valence-corrected chi connectivity index (χ2v) is 5.59. The van der Waals surface area contributed by atoms with Gasteiger partial charge in [0.05, 0.1) is 0 Å². The van der Waals surface area contributed by atoms with Crippen LogP contribution in [0.5, 0.6) is 0 Å². The first-order valence-corrected chi connectivity index (χ1v) is 7.35. The van der Waals surface area contributed by atoms with Crippen molar-refractivity contribution in [3.63, 3.8) is 0 Å². The first kappa shape index (κ1) is 15.8. The number of carbonyl (C=O) groups excluding carboxylic acids is 2. The van der Waals surface area contributed by atoms with Gasteiger partial charge in [0.15, 0.2) is 0 Å². The van der Waals surface area contributed by atoms with E-state index in [0.29, 0.717) is 17.9 Å². The second-order valence-electron chi connectivity index (χ2n) is 5.19. The first-order valence-electron chi connectivity index (χ1n) is 6.98. The largest absolute Gasteiger partial charge is 0.396 e. The van der Waals surface area contributed by atoms with Gasteiger partial charge in [0.25, 0.3) is 5.91 Å². The fraction of sp³-hybridized carbons (Fsp3) is 0.467. The molecule has 0 aliphatic carbocycles. The molecule has 1 fully saturated rings. The molecule has 5 nitrogen and oxygen atoms in total. The minimum Gasteiger partial charge on any atom is -0.396 e. The molecule has 1 atom stereocenters. The Balaban J connectivity index is 2.40. The molecule has 0 radical (unpaired) electrons. The molecule has 0 aromatic heterocycles. The number of hydrogen-bond acceptors (Lipinski definition) is 3. The van der Waals surface area contributed by atoms with E-state index < -0.39 is 11.6 Å². The van der Waals surface area contributed by atoms with E-state index in [4.69, 9.17) is 16.7 Å². The maximum Gasteiger partial charge on any atom is 0.325 e. The van der Waals surface area contributed by atoms with Crippen molar-refractivity contribution in [2.24, 2.45) is 0 Å². The Morgan fingerprint density at radius 1 is 1.38 bits per heavy atom. The van der Waals surface area contributed by atoms with Crippen molar-refractivity contribution < 1.29 is 14.7 Å². The number of halogens is 1. The van der Waals surface area contributed by atoms with Crippen LogP contribution in [-0.2, 0) is 10.3 Å². The number of amides is 3. The molecule has 1 saturated heterocycles. The second kappa shape index (κ2) is 6.03.